The van der Waals surface area contributed by atoms with Crippen molar-refractivity contribution in [3.63, 3.8) is 0 Å². The Morgan fingerprint density at radius 2 is 2.11 bits per heavy atom. The normalized spacial score (nSPS) is 10.3. The van der Waals surface area contributed by atoms with Gasteiger partial charge in [0.1, 0.15) is 5.75 Å². The number of nitrogens with zero attached hydrogens (tertiary/aromatic N) is 2. The fourth-order valence-corrected chi connectivity index (χ4v) is 1.75. The van der Waals surface area contributed by atoms with Gasteiger partial charge in [-0.15, -0.1) is 0 Å². The Hall–Kier alpha value is -1.52. The molecule has 4 nitrogen and oxygen atoms in total. The Morgan fingerprint density at radius 3 is 2.84 bits per heavy atom. The van der Waals surface area contributed by atoms with Crippen molar-refractivity contribution in [1.29, 1.82) is 0 Å². The molecule has 0 saturated heterocycles. The van der Waals surface area contributed by atoms with Gasteiger partial charge >= 0.3 is 0 Å². The van der Waals surface area contributed by atoms with Gasteiger partial charge in [0.15, 0.2) is 0 Å². The van der Waals surface area contributed by atoms with E-state index in [0.29, 0.717) is 27.6 Å². The summed E-state index contributed by atoms with van der Waals surface area (Å²) in [5.74, 6) is 1.44. The minimum Gasteiger partial charge on any atom is -0.437 e. The lowest BCUT2D eigenvalue weighted by atomic mass is 10.3. The molecule has 0 spiro atoms. The van der Waals surface area contributed by atoms with Crippen molar-refractivity contribution in [2.75, 3.05) is 11.9 Å². The lowest BCUT2D eigenvalue weighted by Crippen LogP contribution is -2.03. The van der Waals surface area contributed by atoms with Crippen molar-refractivity contribution >= 4 is 29.2 Å². The van der Waals surface area contributed by atoms with E-state index in [4.69, 9.17) is 27.9 Å². The van der Waals surface area contributed by atoms with Crippen LogP contribution in [0.1, 0.15) is 12.5 Å². The SMILES string of the molecule is CCNc1ncc(C)c(Oc2cc(Cl)ccc2Cl)n1. The Morgan fingerprint density at radius 1 is 1.32 bits per heavy atom. The standard InChI is InChI=1S/C13H13Cl2N3O/c1-3-16-13-17-7-8(2)12(18-13)19-11-6-9(14)4-5-10(11)15/h4-7H,3H2,1-2H3,(H,16,17,18). The van der Waals surface area contributed by atoms with E-state index >= 15 is 0 Å². The quantitative estimate of drug-likeness (QED) is 0.913. The highest BCUT2D eigenvalue weighted by Crippen LogP contribution is 2.32. The number of ether oxygens (including phenoxy) is 1. The molecule has 0 fully saturated rings. The van der Waals surface area contributed by atoms with Crippen LogP contribution in [-0.4, -0.2) is 16.5 Å². The summed E-state index contributed by atoms with van der Waals surface area (Å²) in [5.41, 5.74) is 0.817. The van der Waals surface area contributed by atoms with E-state index in [9.17, 15) is 0 Å². The molecule has 0 saturated carbocycles. The molecule has 6 heteroatoms. The smallest absolute Gasteiger partial charge is 0.227 e. The van der Waals surface area contributed by atoms with Crippen LogP contribution < -0.4 is 10.1 Å². The van der Waals surface area contributed by atoms with Gasteiger partial charge in [0.25, 0.3) is 0 Å². The summed E-state index contributed by atoms with van der Waals surface area (Å²) in [6, 6.07) is 5.03. The molecule has 0 atom stereocenters. The van der Waals surface area contributed by atoms with Gasteiger partial charge in [-0.3, -0.25) is 0 Å². The minimum absolute atomic E-state index is 0.454. The van der Waals surface area contributed by atoms with E-state index in [1.54, 1.807) is 24.4 Å². The summed E-state index contributed by atoms with van der Waals surface area (Å²) in [6.07, 6.45) is 1.69. The zero-order valence-electron chi connectivity index (χ0n) is 10.6. The van der Waals surface area contributed by atoms with Gasteiger partial charge in [0.2, 0.25) is 11.8 Å². The number of halogens is 2. The highest BCUT2D eigenvalue weighted by atomic mass is 35.5. The first-order valence-corrected chi connectivity index (χ1v) is 6.56. The zero-order chi connectivity index (χ0) is 13.8. The maximum atomic E-state index is 6.06. The van der Waals surface area contributed by atoms with Crippen molar-refractivity contribution in [2.24, 2.45) is 0 Å². The predicted molar refractivity (Wildman–Crippen MR) is 77.5 cm³/mol. The second kappa shape index (κ2) is 6.08. The molecule has 2 rings (SSSR count). The number of aromatic nitrogens is 2. The Balaban J connectivity index is 2.31. The van der Waals surface area contributed by atoms with Crippen molar-refractivity contribution in [3.8, 4) is 11.6 Å². The van der Waals surface area contributed by atoms with Crippen molar-refractivity contribution < 1.29 is 4.74 Å². The molecule has 1 N–H and O–H groups in total. The number of hydrogen-bond donors (Lipinski definition) is 1. The average molecular weight is 298 g/mol. The van der Waals surface area contributed by atoms with Crippen molar-refractivity contribution in [2.45, 2.75) is 13.8 Å². The van der Waals surface area contributed by atoms with Crippen LogP contribution in [0.25, 0.3) is 0 Å². The second-order valence-electron chi connectivity index (χ2n) is 3.89. The highest BCUT2D eigenvalue weighted by Gasteiger charge is 2.09. The van der Waals surface area contributed by atoms with Crippen LogP contribution in [0.2, 0.25) is 10.0 Å². The largest absolute Gasteiger partial charge is 0.437 e. The van der Waals surface area contributed by atoms with Gasteiger partial charge in [-0.25, -0.2) is 4.98 Å². The molecule has 0 unspecified atom stereocenters. The van der Waals surface area contributed by atoms with Crippen LogP contribution in [0.3, 0.4) is 0 Å². The number of nitrogens with one attached hydrogen (secondary N) is 1. The molecular formula is C13H13Cl2N3O. The van der Waals surface area contributed by atoms with E-state index in [1.807, 2.05) is 13.8 Å². The van der Waals surface area contributed by atoms with Crippen LogP contribution in [0, 0.1) is 6.92 Å². The number of rotatable bonds is 4. The number of hydrogen-bond acceptors (Lipinski definition) is 4. The Kier molecular flexibility index (Phi) is 4.45. The van der Waals surface area contributed by atoms with Gasteiger partial charge < -0.3 is 10.1 Å². The molecule has 100 valence electrons. The first kappa shape index (κ1) is 13.9. The van der Waals surface area contributed by atoms with Crippen LogP contribution in [-0.2, 0) is 0 Å². The van der Waals surface area contributed by atoms with Crippen LogP contribution >= 0.6 is 23.2 Å². The molecule has 0 amide bonds. The maximum absolute atomic E-state index is 6.06. The highest BCUT2D eigenvalue weighted by molar-refractivity contribution is 6.34. The topological polar surface area (TPSA) is 47.0 Å². The van der Waals surface area contributed by atoms with Crippen LogP contribution in [0.5, 0.6) is 11.6 Å². The monoisotopic (exact) mass is 297 g/mol. The second-order valence-corrected chi connectivity index (χ2v) is 4.73. The minimum atomic E-state index is 0.454. The Labute approximate surface area is 121 Å². The van der Waals surface area contributed by atoms with Crippen molar-refractivity contribution in [3.05, 3.63) is 40.0 Å². The summed E-state index contributed by atoms with van der Waals surface area (Å²) in [5, 5.41) is 4.06. The third kappa shape index (κ3) is 3.49. The third-order valence-corrected chi connectivity index (χ3v) is 2.91. The summed E-state index contributed by atoms with van der Waals surface area (Å²) < 4.78 is 5.70. The predicted octanol–water partition coefficient (Wildman–Crippen LogP) is 4.32. The molecular weight excluding hydrogens is 285 g/mol. The molecule has 19 heavy (non-hydrogen) atoms. The van der Waals surface area contributed by atoms with Gasteiger partial charge in [0.05, 0.1) is 5.02 Å². The molecule has 0 aliphatic rings. The first-order valence-electron chi connectivity index (χ1n) is 5.80. The van der Waals surface area contributed by atoms with Crippen molar-refractivity contribution in [1.82, 2.24) is 9.97 Å². The average Bonchev–Trinajstić information content (AvgIpc) is 2.38. The summed E-state index contributed by atoms with van der Waals surface area (Å²) >= 11 is 12.0. The van der Waals surface area contributed by atoms with Gasteiger partial charge in [-0.2, -0.15) is 4.98 Å². The molecule has 1 aromatic carbocycles. The van der Waals surface area contributed by atoms with E-state index in [2.05, 4.69) is 15.3 Å². The summed E-state index contributed by atoms with van der Waals surface area (Å²) in [6.45, 7) is 4.57. The third-order valence-electron chi connectivity index (χ3n) is 2.36. The fraction of sp³-hybridized carbons (Fsp3) is 0.231. The lowest BCUT2D eigenvalue weighted by molar-refractivity contribution is 0.458. The summed E-state index contributed by atoms with van der Waals surface area (Å²) in [7, 11) is 0. The van der Waals surface area contributed by atoms with E-state index in [0.717, 1.165) is 12.1 Å². The van der Waals surface area contributed by atoms with E-state index in [1.165, 1.54) is 0 Å². The molecule has 0 bridgehead atoms. The zero-order valence-corrected chi connectivity index (χ0v) is 12.1. The van der Waals surface area contributed by atoms with Gasteiger partial charge in [-0.05, 0) is 26.0 Å². The molecule has 0 aliphatic heterocycles. The van der Waals surface area contributed by atoms with Gasteiger partial charge in [0, 0.05) is 29.4 Å². The molecule has 0 aliphatic carbocycles. The first-order chi connectivity index (χ1) is 9.10. The molecule has 2 aromatic rings. The van der Waals surface area contributed by atoms with Gasteiger partial charge in [-0.1, -0.05) is 23.2 Å². The lowest BCUT2D eigenvalue weighted by Gasteiger charge is -2.10. The van der Waals surface area contributed by atoms with Crippen LogP contribution in [0.4, 0.5) is 5.95 Å². The fourth-order valence-electron chi connectivity index (χ4n) is 1.43. The molecule has 1 heterocycles. The van der Waals surface area contributed by atoms with E-state index in [-0.39, 0.29) is 0 Å². The maximum Gasteiger partial charge on any atom is 0.227 e. The summed E-state index contributed by atoms with van der Waals surface area (Å²) in [4.78, 5) is 8.43. The number of anilines is 1. The molecule has 1 aromatic heterocycles. The molecule has 0 radical (unpaired) electrons. The van der Waals surface area contributed by atoms with Crippen LogP contribution in [0.15, 0.2) is 24.4 Å². The Bertz CT molecular complexity index is 590. The number of aryl methyl sites for hydroxylation is 1. The van der Waals surface area contributed by atoms with E-state index < -0.39 is 0 Å². The number of benzene rings is 1.